The fraction of sp³-hybridized carbons (Fsp3) is 0.353. The maximum absolute atomic E-state index is 13.6. The van der Waals surface area contributed by atoms with Crippen molar-refractivity contribution < 1.29 is 24.2 Å². The molecule has 6 heteroatoms. The molecule has 4 rings (SSSR count). The van der Waals surface area contributed by atoms with Crippen molar-refractivity contribution >= 4 is 23.1 Å². The minimum Gasteiger partial charge on any atom is -0.507 e. The van der Waals surface area contributed by atoms with Gasteiger partial charge in [0.25, 0.3) is 11.7 Å². The van der Waals surface area contributed by atoms with E-state index in [2.05, 4.69) is 20.8 Å². The van der Waals surface area contributed by atoms with Crippen LogP contribution in [-0.4, -0.2) is 30.0 Å². The Kier molecular flexibility index (Phi) is 8.10. The van der Waals surface area contributed by atoms with Crippen LogP contribution in [0.3, 0.4) is 0 Å². The molecule has 6 nitrogen and oxygen atoms in total. The molecule has 0 bridgehead atoms. The largest absolute Gasteiger partial charge is 0.507 e. The van der Waals surface area contributed by atoms with Crippen LogP contribution in [0.5, 0.6) is 11.5 Å². The Labute approximate surface area is 237 Å². The smallest absolute Gasteiger partial charge is 0.300 e. The van der Waals surface area contributed by atoms with Crippen molar-refractivity contribution in [2.24, 2.45) is 0 Å². The number of methoxy groups -OCH3 is 1. The van der Waals surface area contributed by atoms with E-state index < -0.39 is 17.7 Å². The Hall–Kier alpha value is -4.06. The number of ether oxygens (including phenoxy) is 2. The van der Waals surface area contributed by atoms with Crippen molar-refractivity contribution in [2.75, 3.05) is 12.0 Å². The SMILES string of the molecule is COc1ccc(/C(O)=C2/C(=O)C(=O)N(c3ccc(OC(C)C)cc3)C2c2ccc(C(C)(C)C)cc2)cc1C(C)C. The van der Waals surface area contributed by atoms with E-state index in [0.29, 0.717) is 22.7 Å². The molecule has 1 aliphatic heterocycles. The molecular weight excluding hydrogens is 502 g/mol. The van der Waals surface area contributed by atoms with Crippen molar-refractivity contribution in [1.29, 1.82) is 0 Å². The van der Waals surface area contributed by atoms with Gasteiger partial charge in [-0.25, -0.2) is 0 Å². The van der Waals surface area contributed by atoms with Gasteiger partial charge in [0.15, 0.2) is 0 Å². The third kappa shape index (κ3) is 5.62. The van der Waals surface area contributed by atoms with E-state index in [1.165, 1.54) is 4.90 Å². The van der Waals surface area contributed by atoms with E-state index in [1.807, 2.05) is 58.0 Å². The highest BCUT2D eigenvalue weighted by molar-refractivity contribution is 6.51. The van der Waals surface area contributed by atoms with E-state index in [-0.39, 0.29) is 28.8 Å². The summed E-state index contributed by atoms with van der Waals surface area (Å²) in [6, 6.07) is 19.5. The number of ketones is 1. The molecule has 0 aliphatic carbocycles. The minimum absolute atomic E-state index is 0.00151. The Morgan fingerprint density at radius 1 is 0.900 bits per heavy atom. The molecule has 1 aliphatic rings. The molecule has 0 radical (unpaired) electrons. The molecule has 1 atom stereocenters. The summed E-state index contributed by atoms with van der Waals surface area (Å²) >= 11 is 0. The number of hydrogen-bond acceptors (Lipinski definition) is 5. The third-order valence-corrected chi connectivity index (χ3v) is 7.15. The quantitative estimate of drug-likeness (QED) is 0.190. The zero-order valence-electron chi connectivity index (χ0n) is 24.6. The van der Waals surface area contributed by atoms with E-state index in [1.54, 1.807) is 43.5 Å². The number of hydrogen-bond donors (Lipinski definition) is 1. The average molecular weight is 542 g/mol. The van der Waals surface area contributed by atoms with Gasteiger partial charge >= 0.3 is 0 Å². The van der Waals surface area contributed by atoms with E-state index >= 15 is 0 Å². The van der Waals surface area contributed by atoms with Crippen LogP contribution in [0, 0.1) is 0 Å². The molecule has 1 fully saturated rings. The van der Waals surface area contributed by atoms with Gasteiger partial charge in [0.1, 0.15) is 17.3 Å². The second-order valence-electron chi connectivity index (χ2n) is 11.8. The predicted octanol–water partition coefficient (Wildman–Crippen LogP) is 7.53. The first-order chi connectivity index (χ1) is 18.8. The summed E-state index contributed by atoms with van der Waals surface area (Å²) in [5.74, 6) is -0.147. The van der Waals surface area contributed by atoms with Gasteiger partial charge in [-0.1, -0.05) is 58.9 Å². The molecule has 3 aromatic rings. The van der Waals surface area contributed by atoms with Gasteiger partial charge in [0.2, 0.25) is 0 Å². The fourth-order valence-electron chi connectivity index (χ4n) is 5.03. The molecule has 40 heavy (non-hydrogen) atoms. The first-order valence-electron chi connectivity index (χ1n) is 13.7. The molecule has 210 valence electrons. The number of aliphatic hydroxyl groups is 1. The highest BCUT2D eigenvalue weighted by Crippen LogP contribution is 2.43. The van der Waals surface area contributed by atoms with Gasteiger partial charge in [0.05, 0.1) is 24.8 Å². The van der Waals surface area contributed by atoms with Gasteiger partial charge in [-0.15, -0.1) is 0 Å². The number of rotatable bonds is 7. The van der Waals surface area contributed by atoms with Gasteiger partial charge < -0.3 is 14.6 Å². The standard InChI is InChI=1S/C34H39NO5/c1-20(2)27-19-23(11-18-28(27)39-8)31(36)29-30(22-9-12-24(13-10-22)34(5,6)7)35(33(38)32(29)37)25-14-16-26(17-15-25)40-21(3)4/h9-21,30,36H,1-8H3/b31-29-. The Balaban J connectivity index is 1.90. The molecule has 0 saturated carbocycles. The lowest BCUT2D eigenvalue weighted by atomic mass is 9.85. The van der Waals surface area contributed by atoms with Crippen LogP contribution >= 0.6 is 0 Å². The molecule has 1 amide bonds. The number of benzene rings is 3. The van der Waals surface area contributed by atoms with E-state index in [4.69, 9.17) is 9.47 Å². The highest BCUT2D eigenvalue weighted by atomic mass is 16.5. The zero-order valence-corrected chi connectivity index (χ0v) is 24.6. The van der Waals surface area contributed by atoms with Gasteiger partial charge in [-0.2, -0.15) is 0 Å². The first kappa shape index (κ1) is 28.9. The number of amides is 1. The lowest BCUT2D eigenvalue weighted by Crippen LogP contribution is -2.29. The molecule has 0 spiro atoms. The summed E-state index contributed by atoms with van der Waals surface area (Å²) < 4.78 is 11.3. The van der Waals surface area contributed by atoms with Gasteiger partial charge in [-0.3, -0.25) is 14.5 Å². The molecule has 1 unspecified atom stereocenters. The van der Waals surface area contributed by atoms with Crippen molar-refractivity contribution in [3.05, 3.63) is 94.6 Å². The number of Topliss-reactive ketones (excluding diaryl/α,β-unsaturated/α-hetero) is 1. The Morgan fingerprint density at radius 2 is 1.52 bits per heavy atom. The number of aliphatic hydroxyl groups excluding tert-OH is 1. The number of anilines is 1. The fourth-order valence-corrected chi connectivity index (χ4v) is 5.03. The average Bonchev–Trinajstić information content (AvgIpc) is 3.17. The van der Waals surface area contributed by atoms with Crippen LogP contribution in [0.2, 0.25) is 0 Å². The van der Waals surface area contributed by atoms with Gasteiger partial charge in [-0.05, 0) is 84.3 Å². The van der Waals surface area contributed by atoms with Crippen molar-refractivity contribution in [1.82, 2.24) is 0 Å². The summed E-state index contributed by atoms with van der Waals surface area (Å²) in [4.78, 5) is 28.7. The van der Waals surface area contributed by atoms with Crippen LogP contribution < -0.4 is 14.4 Å². The highest BCUT2D eigenvalue weighted by Gasteiger charge is 2.47. The van der Waals surface area contributed by atoms with Crippen LogP contribution in [0.25, 0.3) is 5.76 Å². The maximum Gasteiger partial charge on any atom is 0.300 e. The topological polar surface area (TPSA) is 76.1 Å². The van der Waals surface area contributed by atoms with Crippen LogP contribution in [0.1, 0.15) is 82.7 Å². The summed E-state index contributed by atoms with van der Waals surface area (Å²) in [5.41, 5.74) is 3.74. The maximum atomic E-state index is 13.6. The molecular formula is C34H39NO5. The summed E-state index contributed by atoms with van der Waals surface area (Å²) in [5, 5.41) is 11.6. The van der Waals surface area contributed by atoms with Crippen molar-refractivity contribution in [3.8, 4) is 11.5 Å². The van der Waals surface area contributed by atoms with Gasteiger partial charge in [0, 0.05) is 11.3 Å². The normalized spacial score (nSPS) is 17.1. The van der Waals surface area contributed by atoms with Crippen LogP contribution in [-0.2, 0) is 15.0 Å². The van der Waals surface area contributed by atoms with E-state index in [9.17, 15) is 14.7 Å². The molecule has 0 aromatic heterocycles. The summed E-state index contributed by atoms with van der Waals surface area (Å²) in [6.07, 6.45) is 0.00151. The predicted molar refractivity (Wildman–Crippen MR) is 159 cm³/mol. The lowest BCUT2D eigenvalue weighted by Gasteiger charge is -2.27. The third-order valence-electron chi connectivity index (χ3n) is 7.15. The zero-order chi connectivity index (χ0) is 29.4. The Bertz CT molecular complexity index is 1430. The number of carbonyl (C=O) groups is 2. The molecule has 1 heterocycles. The first-order valence-corrected chi connectivity index (χ1v) is 13.7. The summed E-state index contributed by atoms with van der Waals surface area (Å²) in [6.45, 7) is 14.3. The van der Waals surface area contributed by atoms with Crippen molar-refractivity contribution in [3.63, 3.8) is 0 Å². The number of carbonyl (C=O) groups excluding carboxylic acids is 2. The molecule has 1 saturated heterocycles. The lowest BCUT2D eigenvalue weighted by molar-refractivity contribution is -0.132. The second kappa shape index (κ2) is 11.2. The summed E-state index contributed by atoms with van der Waals surface area (Å²) in [7, 11) is 1.60. The van der Waals surface area contributed by atoms with Crippen LogP contribution in [0.4, 0.5) is 5.69 Å². The second-order valence-corrected chi connectivity index (χ2v) is 11.8. The van der Waals surface area contributed by atoms with Crippen molar-refractivity contribution in [2.45, 2.75) is 71.9 Å². The monoisotopic (exact) mass is 541 g/mol. The molecule has 3 aromatic carbocycles. The minimum atomic E-state index is -0.810. The Morgan fingerprint density at radius 3 is 2.05 bits per heavy atom. The number of nitrogens with zero attached hydrogens (tertiary/aromatic N) is 1. The van der Waals surface area contributed by atoms with E-state index in [0.717, 1.165) is 16.7 Å². The molecule has 1 N–H and O–H groups in total. The van der Waals surface area contributed by atoms with Crippen LogP contribution in [0.15, 0.2) is 72.3 Å².